The highest BCUT2D eigenvalue weighted by atomic mass is 16.5. The fourth-order valence-electron chi connectivity index (χ4n) is 2.96. The number of carbonyl (C=O) groups excluding carboxylic acids is 1. The molecule has 0 radical (unpaired) electrons. The molecule has 18 heavy (non-hydrogen) atoms. The van der Waals surface area contributed by atoms with Crippen LogP contribution in [0.1, 0.15) is 40.0 Å². The minimum absolute atomic E-state index is 0.0397. The van der Waals surface area contributed by atoms with Crippen LogP contribution in [0.2, 0.25) is 0 Å². The highest BCUT2D eigenvalue weighted by molar-refractivity contribution is 5.89. The molecule has 4 atom stereocenters. The van der Waals surface area contributed by atoms with E-state index in [-0.39, 0.29) is 30.0 Å². The average molecular weight is 255 g/mol. The molecule has 1 heterocycles. The van der Waals surface area contributed by atoms with Crippen LogP contribution in [0.5, 0.6) is 0 Å². The van der Waals surface area contributed by atoms with Crippen molar-refractivity contribution in [2.45, 2.75) is 57.8 Å². The van der Waals surface area contributed by atoms with E-state index in [0.717, 1.165) is 6.42 Å². The second-order valence-corrected chi connectivity index (χ2v) is 5.66. The van der Waals surface area contributed by atoms with E-state index in [1.807, 2.05) is 20.8 Å². The van der Waals surface area contributed by atoms with Gasteiger partial charge in [0.1, 0.15) is 5.54 Å². The third kappa shape index (κ3) is 2.00. The maximum absolute atomic E-state index is 12.3. The normalized spacial score (nSPS) is 37.9. The summed E-state index contributed by atoms with van der Waals surface area (Å²) in [6, 6.07) is 0. The van der Waals surface area contributed by atoms with Gasteiger partial charge in [0.25, 0.3) is 0 Å². The zero-order valence-corrected chi connectivity index (χ0v) is 11.1. The van der Waals surface area contributed by atoms with Crippen molar-refractivity contribution in [1.82, 2.24) is 5.32 Å². The summed E-state index contributed by atoms with van der Waals surface area (Å²) in [4.78, 5) is 23.5. The lowest BCUT2D eigenvalue weighted by Crippen LogP contribution is -2.61. The first-order valence-corrected chi connectivity index (χ1v) is 6.58. The molecule has 5 nitrogen and oxygen atoms in total. The Kier molecular flexibility index (Phi) is 3.36. The van der Waals surface area contributed by atoms with Crippen LogP contribution in [0.15, 0.2) is 0 Å². The van der Waals surface area contributed by atoms with E-state index >= 15 is 0 Å². The summed E-state index contributed by atoms with van der Waals surface area (Å²) in [5.41, 5.74) is -1.03. The van der Waals surface area contributed by atoms with E-state index in [0.29, 0.717) is 12.8 Å². The first-order chi connectivity index (χ1) is 8.37. The Morgan fingerprint density at radius 3 is 2.17 bits per heavy atom. The number of carboxylic acids is 1. The van der Waals surface area contributed by atoms with Gasteiger partial charge >= 0.3 is 5.97 Å². The quantitative estimate of drug-likeness (QED) is 0.793. The highest BCUT2D eigenvalue weighted by Gasteiger charge is 2.49. The fraction of sp³-hybridized carbons (Fsp3) is 0.846. The summed E-state index contributed by atoms with van der Waals surface area (Å²) in [6.45, 7) is 5.80. The standard InChI is InChI=1S/C13H21NO4/c1-7-8(2)18-9(3)10(7)11(15)14-13(12(16)17)5-4-6-13/h7-10H,4-6H2,1-3H3,(H,14,15)(H,16,17). The van der Waals surface area contributed by atoms with Gasteiger partial charge < -0.3 is 15.2 Å². The molecular formula is C13H21NO4. The lowest BCUT2D eigenvalue weighted by atomic mass is 9.76. The molecule has 1 saturated carbocycles. The molecule has 0 aromatic rings. The van der Waals surface area contributed by atoms with E-state index < -0.39 is 11.5 Å². The van der Waals surface area contributed by atoms with Gasteiger partial charge in [-0.3, -0.25) is 4.79 Å². The van der Waals surface area contributed by atoms with Crippen molar-refractivity contribution in [3.63, 3.8) is 0 Å². The van der Waals surface area contributed by atoms with Gasteiger partial charge in [-0.15, -0.1) is 0 Å². The van der Waals surface area contributed by atoms with Crippen LogP contribution < -0.4 is 5.32 Å². The zero-order chi connectivity index (χ0) is 13.5. The molecular weight excluding hydrogens is 234 g/mol. The van der Waals surface area contributed by atoms with Gasteiger partial charge in [0.05, 0.1) is 18.1 Å². The molecule has 1 aliphatic carbocycles. The number of rotatable bonds is 3. The lowest BCUT2D eigenvalue weighted by molar-refractivity contribution is -0.153. The average Bonchev–Trinajstić information content (AvgIpc) is 2.46. The Morgan fingerprint density at radius 1 is 1.22 bits per heavy atom. The maximum Gasteiger partial charge on any atom is 0.329 e. The number of carbonyl (C=O) groups is 2. The summed E-state index contributed by atoms with van der Waals surface area (Å²) in [5.74, 6) is -1.24. The molecule has 0 aromatic heterocycles. The van der Waals surface area contributed by atoms with Gasteiger partial charge in [-0.05, 0) is 39.0 Å². The van der Waals surface area contributed by atoms with E-state index in [1.165, 1.54) is 0 Å². The largest absolute Gasteiger partial charge is 0.480 e. The molecule has 2 N–H and O–H groups in total. The van der Waals surface area contributed by atoms with Gasteiger partial charge in [0.15, 0.2) is 0 Å². The molecule has 0 aromatic carbocycles. The Morgan fingerprint density at radius 2 is 1.83 bits per heavy atom. The third-order valence-electron chi connectivity index (χ3n) is 4.52. The topological polar surface area (TPSA) is 75.6 Å². The first-order valence-electron chi connectivity index (χ1n) is 6.58. The summed E-state index contributed by atoms with van der Waals surface area (Å²) in [6.07, 6.45) is 1.80. The van der Waals surface area contributed by atoms with Crippen LogP contribution >= 0.6 is 0 Å². The number of carboxylic acid groups (broad SMARTS) is 1. The van der Waals surface area contributed by atoms with Crippen molar-refractivity contribution in [3.05, 3.63) is 0 Å². The van der Waals surface area contributed by atoms with Crippen LogP contribution in [0.3, 0.4) is 0 Å². The van der Waals surface area contributed by atoms with Crippen molar-refractivity contribution >= 4 is 11.9 Å². The number of ether oxygens (including phenoxy) is 1. The number of hydrogen-bond donors (Lipinski definition) is 2. The van der Waals surface area contributed by atoms with Crippen LogP contribution in [0.25, 0.3) is 0 Å². The molecule has 2 fully saturated rings. The third-order valence-corrected chi connectivity index (χ3v) is 4.52. The SMILES string of the molecule is CC1OC(C)C(C(=O)NC2(C(=O)O)CCC2)C1C. The van der Waals surface area contributed by atoms with E-state index in [4.69, 9.17) is 4.74 Å². The fourth-order valence-corrected chi connectivity index (χ4v) is 2.96. The van der Waals surface area contributed by atoms with E-state index in [1.54, 1.807) is 0 Å². The number of aliphatic carboxylic acids is 1. The monoisotopic (exact) mass is 255 g/mol. The van der Waals surface area contributed by atoms with Crippen molar-refractivity contribution in [1.29, 1.82) is 0 Å². The molecule has 2 rings (SSSR count). The maximum atomic E-state index is 12.3. The van der Waals surface area contributed by atoms with Crippen molar-refractivity contribution in [2.24, 2.45) is 11.8 Å². The van der Waals surface area contributed by atoms with Gasteiger partial charge in [-0.1, -0.05) is 6.92 Å². The zero-order valence-electron chi connectivity index (χ0n) is 11.1. The Hall–Kier alpha value is -1.10. The molecule has 1 aliphatic heterocycles. The van der Waals surface area contributed by atoms with Crippen molar-refractivity contribution < 1.29 is 19.4 Å². The van der Waals surface area contributed by atoms with Crippen molar-refractivity contribution in [2.75, 3.05) is 0 Å². The number of amides is 1. The van der Waals surface area contributed by atoms with Crippen molar-refractivity contribution in [3.8, 4) is 0 Å². The van der Waals surface area contributed by atoms with E-state index in [2.05, 4.69) is 5.32 Å². The summed E-state index contributed by atoms with van der Waals surface area (Å²) < 4.78 is 5.63. The van der Waals surface area contributed by atoms with Gasteiger partial charge in [-0.25, -0.2) is 4.79 Å². The molecule has 5 heteroatoms. The van der Waals surface area contributed by atoms with Gasteiger partial charge in [0, 0.05) is 0 Å². The summed E-state index contributed by atoms with van der Waals surface area (Å²) in [5, 5.41) is 11.9. The predicted octanol–water partition coefficient (Wildman–Crippen LogP) is 1.17. The minimum atomic E-state index is -1.03. The lowest BCUT2D eigenvalue weighted by Gasteiger charge is -2.39. The Labute approximate surface area is 107 Å². The molecule has 4 unspecified atom stereocenters. The second-order valence-electron chi connectivity index (χ2n) is 5.66. The van der Waals surface area contributed by atoms with E-state index in [9.17, 15) is 14.7 Å². The molecule has 102 valence electrons. The van der Waals surface area contributed by atoms with Crippen LogP contribution in [-0.2, 0) is 14.3 Å². The smallest absolute Gasteiger partial charge is 0.329 e. The summed E-state index contributed by atoms with van der Waals surface area (Å²) >= 11 is 0. The van der Waals surface area contributed by atoms with Crippen LogP contribution in [0.4, 0.5) is 0 Å². The van der Waals surface area contributed by atoms with Gasteiger partial charge in [-0.2, -0.15) is 0 Å². The predicted molar refractivity (Wildman–Crippen MR) is 65.0 cm³/mol. The molecule has 1 saturated heterocycles. The Bertz CT molecular complexity index is 364. The Balaban J connectivity index is 2.06. The molecule has 0 bridgehead atoms. The van der Waals surface area contributed by atoms with Gasteiger partial charge in [0.2, 0.25) is 5.91 Å². The minimum Gasteiger partial charge on any atom is -0.480 e. The number of hydrogen-bond acceptors (Lipinski definition) is 3. The second kappa shape index (κ2) is 4.53. The molecule has 2 aliphatic rings. The van der Waals surface area contributed by atoms with Crippen LogP contribution in [-0.4, -0.2) is 34.7 Å². The molecule has 1 amide bonds. The summed E-state index contributed by atoms with van der Waals surface area (Å²) in [7, 11) is 0. The highest BCUT2D eigenvalue weighted by Crippen LogP contribution is 2.36. The van der Waals surface area contributed by atoms with Crippen LogP contribution in [0, 0.1) is 11.8 Å². The first kappa shape index (κ1) is 13.3. The number of nitrogens with one attached hydrogen (secondary N) is 1. The molecule has 0 spiro atoms.